The highest BCUT2D eigenvalue weighted by molar-refractivity contribution is 6.29. The summed E-state index contributed by atoms with van der Waals surface area (Å²) in [6.07, 6.45) is 0. The van der Waals surface area contributed by atoms with E-state index in [0.29, 0.717) is 17.4 Å². The van der Waals surface area contributed by atoms with Gasteiger partial charge in [-0.25, -0.2) is 4.98 Å². The van der Waals surface area contributed by atoms with Crippen molar-refractivity contribution < 1.29 is 9.53 Å². The van der Waals surface area contributed by atoms with E-state index in [-0.39, 0.29) is 5.91 Å². The number of aromatic nitrogens is 2. The molecule has 0 fully saturated rings. The quantitative estimate of drug-likeness (QED) is 0.769. The molecule has 1 N–H and O–H groups in total. The van der Waals surface area contributed by atoms with Crippen molar-refractivity contribution in [1.29, 1.82) is 0 Å². The monoisotopic (exact) mass is 343 g/mol. The molecule has 0 aliphatic heterocycles. The van der Waals surface area contributed by atoms with E-state index in [2.05, 4.69) is 10.3 Å². The normalized spacial score (nSPS) is 10.8. The molecule has 3 rings (SSSR count). The summed E-state index contributed by atoms with van der Waals surface area (Å²) in [6, 6.07) is 13.0. The molecular formula is C18H18ClN3O2. The molecule has 0 saturated heterocycles. The number of halogens is 1. The molecule has 3 aromatic rings. The Morgan fingerprint density at radius 2 is 2.00 bits per heavy atom. The maximum atomic E-state index is 12.3. The molecule has 24 heavy (non-hydrogen) atoms. The Bertz CT molecular complexity index is 872. The van der Waals surface area contributed by atoms with Gasteiger partial charge in [-0.2, -0.15) is 0 Å². The van der Waals surface area contributed by atoms with E-state index in [4.69, 9.17) is 16.3 Å². The highest BCUT2D eigenvalue weighted by atomic mass is 35.5. The van der Waals surface area contributed by atoms with Gasteiger partial charge in [-0.3, -0.25) is 4.79 Å². The number of nitrogens with one attached hydrogen (secondary N) is 1. The first kappa shape index (κ1) is 16.3. The van der Waals surface area contributed by atoms with Gasteiger partial charge in [0.25, 0.3) is 5.91 Å². The lowest BCUT2D eigenvalue weighted by Crippen LogP contribution is -2.22. The first-order valence-corrected chi connectivity index (χ1v) is 8.07. The minimum absolute atomic E-state index is 0.144. The van der Waals surface area contributed by atoms with E-state index < -0.39 is 0 Å². The minimum Gasteiger partial charge on any atom is -0.497 e. The zero-order chi connectivity index (χ0) is 17.1. The van der Waals surface area contributed by atoms with Crippen molar-refractivity contribution >= 4 is 28.5 Å². The van der Waals surface area contributed by atoms with Crippen LogP contribution in [0.2, 0.25) is 5.28 Å². The van der Waals surface area contributed by atoms with Crippen LogP contribution in [0.25, 0.3) is 11.0 Å². The number of carbonyl (C=O) groups is 1. The van der Waals surface area contributed by atoms with Gasteiger partial charge >= 0.3 is 0 Å². The van der Waals surface area contributed by atoms with Gasteiger partial charge in [0.05, 0.1) is 18.1 Å². The van der Waals surface area contributed by atoms with Crippen molar-refractivity contribution in [3.05, 3.63) is 58.9 Å². The average molecular weight is 344 g/mol. The Labute approximate surface area is 145 Å². The summed E-state index contributed by atoms with van der Waals surface area (Å²) in [7, 11) is 1.62. The number of aryl methyl sites for hydroxylation is 1. The van der Waals surface area contributed by atoms with Gasteiger partial charge in [-0.1, -0.05) is 12.1 Å². The zero-order valence-corrected chi connectivity index (χ0v) is 14.3. The number of carbonyl (C=O) groups excluding carboxylic acids is 1. The Hall–Kier alpha value is -2.53. The fourth-order valence-corrected chi connectivity index (χ4v) is 2.87. The maximum absolute atomic E-state index is 12.3. The number of hydrogen-bond acceptors (Lipinski definition) is 3. The molecule has 0 unspecified atom stereocenters. The summed E-state index contributed by atoms with van der Waals surface area (Å²) in [5.41, 5.74) is 3.21. The molecule has 1 aromatic heterocycles. The molecule has 0 radical (unpaired) electrons. The molecule has 1 amide bonds. The van der Waals surface area contributed by atoms with Crippen molar-refractivity contribution in [2.75, 3.05) is 7.11 Å². The van der Waals surface area contributed by atoms with Crippen molar-refractivity contribution in [2.24, 2.45) is 0 Å². The number of benzene rings is 2. The van der Waals surface area contributed by atoms with Crippen LogP contribution in [0.1, 0.15) is 22.8 Å². The number of fused-ring (bicyclic) bond motifs is 1. The first-order valence-electron chi connectivity index (χ1n) is 7.69. The number of amides is 1. The van der Waals surface area contributed by atoms with E-state index in [1.54, 1.807) is 19.2 Å². The number of ether oxygens (including phenoxy) is 1. The Balaban J connectivity index is 1.73. The third kappa shape index (κ3) is 3.21. The number of methoxy groups -OCH3 is 1. The standard InChI is InChI=1S/C18H18ClN3O2/c1-3-22-16-9-6-13(10-15(16)21-18(22)19)17(23)20-11-12-4-7-14(24-2)8-5-12/h4-10H,3,11H2,1-2H3,(H,20,23). The molecular weight excluding hydrogens is 326 g/mol. The fourth-order valence-electron chi connectivity index (χ4n) is 2.57. The Kier molecular flexibility index (Phi) is 4.71. The predicted molar refractivity (Wildman–Crippen MR) is 94.6 cm³/mol. The van der Waals surface area contributed by atoms with Crippen molar-refractivity contribution in [2.45, 2.75) is 20.0 Å². The maximum Gasteiger partial charge on any atom is 0.251 e. The lowest BCUT2D eigenvalue weighted by atomic mass is 10.1. The van der Waals surface area contributed by atoms with Gasteiger partial charge in [-0.15, -0.1) is 0 Å². The first-order chi connectivity index (χ1) is 11.6. The van der Waals surface area contributed by atoms with Crippen molar-refractivity contribution in [3.63, 3.8) is 0 Å². The van der Waals surface area contributed by atoms with Crippen LogP contribution < -0.4 is 10.1 Å². The second-order valence-electron chi connectivity index (χ2n) is 5.36. The number of imidazole rings is 1. The van der Waals surface area contributed by atoms with Gasteiger partial charge in [-0.05, 0) is 54.4 Å². The molecule has 0 atom stereocenters. The van der Waals surface area contributed by atoms with E-state index in [0.717, 1.165) is 28.9 Å². The van der Waals surface area contributed by atoms with Crippen LogP contribution in [0.3, 0.4) is 0 Å². The largest absolute Gasteiger partial charge is 0.497 e. The summed E-state index contributed by atoms with van der Waals surface area (Å²) in [5.74, 6) is 0.647. The lowest BCUT2D eigenvalue weighted by Gasteiger charge is -2.07. The summed E-state index contributed by atoms with van der Waals surface area (Å²) in [4.78, 5) is 16.6. The summed E-state index contributed by atoms with van der Waals surface area (Å²) < 4.78 is 7.02. The van der Waals surface area contributed by atoms with Gasteiger partial charge in [0.15, 0.2) is 0 Å². The van der Waals surface area contributed by atoms with Crippen LogP contribution in [0.15, 0.2) is 42.5 Å². The summed E-state index contributed by atoms with van der Waals surface area (Å²) >= 11 is 6.11. The molecule has 2 aromatic carbocycles. The molecule has 0 spiro atoms. The van der Waals surface area contributed by atoms with Gasteiger partial charge < -0.3 is 14.6 Å². The van der Waals surface area contributed by atoms with Crippen LogP contribution in [-0.4, -0.2) is 22.6 Å². The van der Waals surface area contributed by atoms with Crippen molar-refractivity contribution in [1.82, 2.24) is 14.9 Å². The topological polar surface area (TPSA) is 56.2 Å². The second kappa shape index (κ2) is 6.93. The zero-order valence-electron chi connectivity index (χ0n) is 13.5. The smallest absolute Gasteiger partial charge is 0.251 e. The number of nitrogens with zero attached hydrogens (tertiary/aromatic N) is 2. The third-order valence-electron chi connectivity index (χ3n) is 3.89. The van der Waals surface area contributed by atoms with E-state index >= 15 is 0 Å². The fraction of sp³-hybridized carbons (Fsp3) is 0.222. The molecule has 124 valence electrons. The number of hydrogen-bond donors (Lipinski definition) is 1. The molecule has 0 bridgehead atoms. The van der Waals surface area contributed by atoms with Gasteiger partial charge in [0, 0.05) is 18.7 Å². The van der Waals surface area contributed by atoms with Crippen LogP contribution in [0.5, 0.6) is 5.75 Å². The molecule has 5 nitrogen and oxygen atoms in total. The van der Waals surface area contributed by atoms with E-state index in [9.17, 15) is 4.79 Å². The van der Waals surface area contributed by atoms with Gasteiger partial charge in [0.2, 0.25) is 5.28 Å². The Morgan fingerprint density at radius 1 is 1.25 bits per heavy atom. The van der Waals surface area contributed by atoms with Crippen LogP contribution >= 0.6 is 11.6 Å². The SMILES string of the molecule is CCn1c(Cl)nc2cc(C(=O)NCc3ccc(OC)cc3)ccc21. The highest BCUT2D eigenvalue weighted by Crippen LogP contribution is 2.21. The van der Waals surface area contributed by atoms with Crippen LogP contribution in [0, 0.1) is 0 Å². The Morgan fingerprint density at radius 3 is 2.67 bits per heavy atom. The molecule has 0 saturated carbocycles. The van der Waals surface area contributed by atoms with Crippen molar-refractivity contribution in [3.8, 4) is 5.75 Å². The highest BCUT2D eigenvalue weighted by Gasteiger charge is 2.11. The van der Waals surface area contributed by atoms with Crippen LogP contribution in [-0.2, 0) is 13.1 Å². The van der Waals surface area contributed by atoms with E-state index in [1.165, 1.54) is 0 Å². The third-order valence-corrected chi connectivity index (χ3v) is 4.18. The molecule has 0 aliphatic carbocycles. The average Bonchev–Trinajstić information content (AvgIpc) is 2.94. The minimum atomic E-state index is -0.144. The number of rotatable bonds is 5. The van der Waals surface area contributed by atoms with E-state index in [1.807, 2.05) is 41.8 Å². The molecule has 6 heteroatoms. The summed E-state index contributed by atoms with van der Waals surface area (Å²) in [6.45, 7) is 3.19. The molecule has 1 heterocycles. The second-order valence-corrected chi connectivity index (χ2v) is 5.70. The molecule has 0 aliphatic rings. The summed E-state index contributed by atoms with van der Waals surface area (Å²) in [5, 5.41) is 3.34. The predicted octanol–water partition coefficient (Wildman–Crippen LogP) is 3.65. The lowest BCUT2D eigenvalue weighted by molar-refractivity contribution is 0.0951. The van der Waals surface area contributed by atoms with Crippen LogP contribution in [0.4, 0.5) is 0 Å². The van der Waals surface area contributed by atoms with Gasteiger partial charge in [0.1, 0.15) is 5.75 Å².